The van der Waals surface area contributed by atoms with Crippen LogP contribution in [0, 0.1) is 0 Å². The van der Waals surface area contributed by atoms with Crippen molar-refractivity contribution in [2.45, 2.75) is 4.90 Å². The minimum absolute atomic E-state index is 0.134. The summed E-state index contributed by atoms with van der Waals surface area (Å²) in [4.78, 5) is 7.97. The zero-order chi connectivity index (χ0) is 13.2. The Kier molecular flexibility index (Phi) is 3.63. The number of hydrogen-bond acceptors (Lipinski definition) is 4. The van der Waals surface area contributed by atoms with E-state index in [-0.39, 0.29) is 4.90 Å². The van der Waals surface area contributed by atoms with E-state index in [1.165, 1.54) is 31.7 Å². The highest BCUT2D eigenvalue weighted by Crippen LogP contribution is 2.21. The van der Waals surface area contributed by atoms with Gasteiger partial charge in [-0.05, 0) is 24.3 Å². The molecule has 0 saturated carbocycles. The fourth-order valence-corrected chi connectivity index (χ4v) is 2.78. The summed E-state index contributed by atoms with van der Waals surface area (Å²) in [7, 11) is -2.17. The number of hydrogen-bond donors (Lipinski definition) is 0. The van der Waals surface area contributed by atoms with Crippen LogP contribution in [0.3, 0.4) is 0 Å². The normalized spacial score (nSPS) is 11.2. The van der Waals surface area contributed by atoms with Crippen molar-refractivity contribution < 1.29 is 8.42 Å². The maximum Gasteiger partial charge on any atom is 0.266 e. The number of aromatic nitrogens is 2. The molecule has 0 saturated heterocycles. The monoisotopic (exact) mass is 327 g/mol. The van der Waals surface area contributed by atoms with Crippen LogP contribution in [0.2, 0.25) is 0 Å². The number of anilines is 1. The van der Waals surface area contributed by atoms with Gasteiger partial charge in [-0.3, -0.25) is 9.29 Å². The molecule has 0 radical (unpaired) electrons. The van der Waals surface area contributed by atoms with Crippen LogP contribution < -0.4 is 4.31 Å². The smallest absolute Gasteiger partial charge is 0.263 e. The van der Waals surface area contributed by atoms with Crippen LogP contribution in [0.25, 0.3) is 0 Å². The molecule has 7 heteroatoms. The molecule has 0 N–H and O–H groups in total. The van der Waals surface area contributed by atoms with Gasteiger partial charge in [0.2, 0.25) is 0 Å². The van der Waals surface area contributed by atoms with Crippen LogP contribution in [0.4, 0.5) is 5.82 Å². The van der Waals surface area contributed by atoms with Gasteiger partial charge in [-0.1, -0.05) is 15.9 Å². The molecule has 0 unspecified atom stereocenters. The van der Waals surface area contributed by atoms with Crippen molar-refractivity contribution in [3.63, 3.8) is 0 Å². The average molecular weight is 328 g/mol. The first-order chi connectivity index (χ1) is 8.51. The van der Waals surface area contributed by atoms with Crippen molar-refractivity contribution in [3.8, 4) is 0 Å². The second-order valence-corrected chi connectivity index (χ2v) is 6.38. The molecule has 0 aromatic carbocycles. The van der Waals surface area contributed by atoms with Crippen LogP contribution in [0.1, 0.15) is 0 Å². The molecule has 5 nitrogen and oxygen atoms in total. The van der Waals surface area contributed by atoms with Crippen molar-refractivity contribution in [2.75, 3.05) is 11.4 Å². The molecule has 0 fully saturated rings. The van der Waals surface area contributed by atoms with Crippen LogP contribution in [0.15, 0.2) is 52.2 Å². The third-order valence-electron chi connectivity index (χ3n) is 2.32. The second kappa shape index (κ2) is 5.03. The zero-order valence-electron chi connectivity index (χ0n) is 9.49. The molecule has 94 valence electrons. The van der Waals surface area contributed by atoms with Crippen molar-refractivity contribution in [1.82, 2.24) is 9.97 Å². The van der Waals surface area contributed by atoms with E-state index in [0.717, 1.165) is 8.78 Å². The summed E-state index contributed by atoms with van der Waals surface area (Å²) in [5.41, 5.74) is 0. The molecule has 0 amide bonds. The van der Waals surface area contributed by atoms with E-state index in [4.69, 9.17) is 0 Å². The van der Waals surface area contributed by atoms with E-state index in [0.29, 0.717) is 5.82 Å². The van der Waals surface area contributed by atoms with Gasteiger partial charge in [-0.25, -0.2) is 13.4 Å². The first kappa shape index (κ1) is 13.0. The standard InChI is InChI=1S/C11H10BrN3O2S/c1-15(11-7-9(12)4-6-14-11)18(16,17)10-3-2-5-13-8-10/h2-8H,1H3. The van der Waals surface area contributed by atoms with E-state index in [9.17, 15) is 8.42 Å². The summed E-state index contributed by atoms with van der Waals surface area (Å²) < 4.78 is 26.4. The molecule has 0 bridgehead atoms. The summed E-state index contributed by atoms with van der Waals surface area (Å²) >= 11 is 3.28. The molecular weight excluding hydrogens is 318 g/mol. The summed E-state index contributed by atoms with van der Waals surface area (Å²) in [6.45, 7) is 0. The third kappa shape index (κ3) is 2.51. The number of rotatable bonds is 3. The second-order valence-electron chi connectivity index (χ2n) is 3.49. The van der Waals surface area contributed by atoms with Crippen LogP contribution in [-0.2, 0) is 10.0 Å². The van der Waals surface area contributed by atoms with E-state index >= 15 is 0 Å². The Morgan fingerprint density at radius 3 is 2.67 bits per heavy atom. The number of pyridine rings is 2. The Labute approximate surface area is 114 Å². The maximum atomic E-state index is 12.3. The van der Waals surface area contributed by atoms with E-state index in [1.54, 1.807) is 18.2 Å². The number of nitrogens with zero attached hydrogens (tertiary/aromatic N) is 3. The summed E-state index contributed by atoms with van der Waals surface area (Å²) in [5.74, 6) is 0.341. The lowest BCUT2D eigenvalue weighted by Gasteiger charge is -2.18. The van der Waals surface area contributed by atoms with Gasteiger partial charge in [0.1, 0.15) is 10.7 Å². The van der Waals surface area contributed by atoms with Crippen molar-refractivity contribution >= 4 is 31.8 Å². The summed E-state index contributed by atoms with van der Waals surface area (Å²) in [6.07, 6.45) is 4.37. The molecular formula is C11H10BrN3O2S. The van der Waals surface area contributed by atoms with Gasteiger partial charge >= 0.3 is 0 Å². The molecule has 2 aromatic rings. The Hall–Kier alpha value is -1.47. The van der Waals surface area contributed by atoms with Crippen LogP contribution in [0.5, 0.6) is 0 Å². The van der Waals surface area contributed by atoms with Crippen molar-refractivity contribution in [2.24, 2.45) is 0 Å². The van der Waals surface area contributed by atoms with Gasteiger partial charge in [-0.15, -0.1) is 0 Å². The number of halogens is 1. The number of sulfonamides is 1. The highest BCUT2D eigenvalue weighted by molar-refractivity contribution is 9.10. The van der Waals surface area contributed by atoms with Crippen molar-refractivity contribution in [3.05, 3.63) is 47.3 Å². The van der Waals surface area contributed by atoms with E-state index < -0.39 is 10.0 Å². The van der Waals surface area contributed by atoms with Gasteiger partial charge in [0.25, 0.3) is 10.0 Å². The predicted molar refractivity (Wildman–Crippen MR) is 71.8 cm³/mol. The first-order valence-electron chi connectivity index (χ1n) is 5.02. The Morgan fingerprint density at radius 1 is 1.28 bits per heavy atom. The lowest BCUT2D eigenvalue weighted by molar-refractivity contribution is 0.593. The molecule has 2 aromatic heterocycles. The highest BCUT2D eigenvalue weighted by Gasteiger charge is 2.22. The first-order valence-corrected chi connectivity index (χ1v) is 7.25. The molecule has 18 heavy (non-hydrogen) atoms. The lowest BCUT2D eigenvalue weighted by Crippen LogP contribution is -2.27. The van der Waals surface area contributed by atoms with E-state index in [2.05, 4.69) is 25.9 Å². The Bertz CT molecular complexity index is 646. The molecule has 0 aliphatic carbocycles. The fourth-order valence-electron chi connectivity index (χ4n) is 1.35. The van der Waals surface area contributed by atoms with Crippen LogP contribution in [-0.4, -0.2) is 25.4 Å². The minimum Gasteiger partial charge on any atom is -0.263 e. The van der Waals surface area contributed by atoms with Crippen molar-refractivity contribution in [1.29, 1.82) is 0 Å². The highest BCUT2D eigenvalue weighted by atomic mass is 79.9. The molecule has 0 atom stereocenters. The van der Waals surface area contributed by atoms with Gasteiger partial charge in [-0.2, -0.15) is 0 Å². The van der Waals surface area contributed by atoms with Gasteiger partial charge < -0.3 is 0 Å². The largest absolute Gasteiger partial charge is 0.266 e. The topological polar surface area (TPSA) is 63.2 Å². The molecule has 2 rings (SSSR count). The molecule has 0 spiro atoms. The summed E-state index contributed by atoms with van der Waals surface area (Å²) in [5, 5.41) is 0. The lowest BCUT2D eigenvalue weighted by atomic mass is 10.5. The summed E-state index contributed by atoms with van der Waals surface area (Å²) in [6, 6.07) is 6.44. The maximum absolute atomic E-state index is 12.3. The fraction of sp³-hybridized carbons (Fsp3) is 0.0909. The quantitative estimate of drug-likeness (QED) is 0.865. The Balaban J connectivity index is 2.43. The van der Waals surface area contributed by atoms with Crippen LogP contribution >= 0.6 is 15.9 Å². The van der Waals surface area contributed by atoms with Gasteiger partial charge in [0.05, 0.1) is 0 Å². The molecule has 0 aliphatic heterocycles. The predicted octanol–water partition coefficient (Wildman–Crippen LogP) is 2.06. The minimum atomic E-state index is -3.62. The SMILES string of the molecule is CN(c1cc(Br)ccn1)S(=O)(=O)c1cccnc1. The zero-order valence-corrected chi connectivity index (χ0v) is 11.9. The van der Waals surface area contributed by atoms with Gasteiger partial charge in [0, 0.05) is 30.1 Å². The molecule has 2 heterocycles. The van der Waals surface area contributed by atoms with Gasteiger partial charge in [0.15, 0.2) is 0 Å². The van der Waals surface area contributed by atoms with E-state index in [1.807, 2.05) is 0 Å². The Morgan fingerprint density at radius 2 is 2.06 bits per heavy atom. The molecule has 0 aliphatic rings. The average Bonchev–Trinajstić information content (AvgIpc) is 2.39. The third-order valence-corrected chi connectivity index (χ3v) is 4.56.